The molecule has 0 aliphatic rings. The van der Waals surface area contributed by atoms with Gasteiger partial charge in [-0.05, 0) is 73.6 Å². The summed E-state index contributed by atoms with van der Waals surface area (Å²) in [5.74, 6) is 0.231. The molecule has 0 heterocycles. The molecule has 0 aliphatic heterocycles. The number of hydrogen-bond acceptors (Lipinski definition) is 5. The summed E-state index contributed by atoms with van der Waals surface area (Å²) in [6.07, 6.45) is 0.898. The van der Waals surface area contributed by atoms with Crippen LogP contribution in [0.25, 0.3) is 0 Å². The van der Waals surface area contributed by atoms with Crippen LogP contribution in [-0.2, 0) is 16.6 Å². The molecule has 3 aromatic carbocycles. The number of carbonyl (C=O) groups excluding carboxylic acids is 1. The molecule has 0 spiro atoms. The summed E-state index contributed by atoms with van der Waals surface area (Å²) in [7, 11) is -3.67. The topological polar surface area (TPSA) is 96.5 Å². The van der Waals surface area contributed by atoms with Crippen LogP contribution in [0, 0.1) is 0 Å². The monoisotopic (exact) mass is 497 g/mol. The van der Waals surface area contributed by atoms with E-state index in [-0.39, 0.29) is 28.6 Å². The minimum absolute atomic E-state index is 0.0429. The number of anilines is 1. The van der Waals surface area contributed by atoms with Gasteiger partial charge in [0.1, 0.15) is 5.75 Å². The van der Waals surface area contributed by atoms with Crippen molar-refractivity contribution in [2.75, 3.05) is 5.32 Å². The van der Waals surface area contributed by atoms with E-state index in [2.05, 4.69) is 15.4 Å². The fourth-order valence-corrected chi connectivity index (χ4v) is 4.17. The third kappa shape index (κ3) is 7.38. The minimum atomic E-state index is -3.67. The average molecular weight is 498 g/mol. The van der Waals surface area contributed by atoms with Crippen molar-refractivity contribution in [3.8, 4) is 5.75 Å². The lowest BCUT2D eigenvalue weighted by Crippen LogP contribution is -2.34. The zero-order valence-corrected chi connectivity index (χ0v) is 20.6. The molecule has 1 atom stereocenters. The first-order valence-electron chi connectivity index (χ1n) is 10.8. The third-order valence-corrected chi connectivity index (χ3v) is 6.59. The second-order valence-corrected chi connectivity index (χ2v) is 9.78. The van der Waals surface area contributed by atoms with Gasteiger partial charge in [0, 0.05) is 17.8 Å². The number of benzene rings is 3. The Morgan fingerprint density at radius 2 is 1.71 bits per heavy atom. The van der Waals surface area contributed by atoms with Crippen molar-refractivity contribution in [1.82, 2.24) is 10.0 Å². The van der Waals surface area contributed by atoms with Crippen LogP contribution in [0.2, 0.25) is 0 Å². The summed E-state index contributed by atoms with van der Waals surface area (Å²) in [5.41, 5.74) is 1.82. The maximum atomic E-state index is 12.5. The van der Waals surface area contributed by atoms with Crippen LogP contribution in [0.15, 0.2) is 83.8 Å². The first-order chi connectivity index (χ1) is 16.3. The highest BCUT2D eigenvalue weighted by molar-refractivity contribution is 7.89. The SMILES string of the molecule is CCC(C)Oc1cccc(C(=O)NC(=S)Nc2ccc(S(=O)(=O)NCc3ccccc3)cc2)c1. The number of thiocarbonyl (C=S) groups is 1. The van der Waals surface area contributed by atoms with Gasteiger partial charge >= 0.3 is 0 Å². The van der Waals surface area contributed by atoms with E-state index >= 15 is 0 Å². The first-order valence-corrected chi connectivity index (χ1v) is 12.7. The molecule has 0 bridgehead atoms. The average Bonchev–Trinajstić information content (AvgIpc) is 2.84. The number of ether oxygens (including phenoxy) is 1. The van der Waals surface area contributed by atoms with Gasteiger partial charge in [0.25, 0.3) is 5.91 Å². The molecule has 0 saturated carbocycles. The number of nitrogens with one attached hydrogen (secondary N) is 3. The number of sulfonamides is 1. The van der Waals surface area contributed by atoms with Crippen LogP contribution >= 0.6 is 12.2 Å². The van der Waals surface area contributed by atoms with Crippen molar-refractivity contribution in [1.29, 1.82) is 0 Å². The molecule has 9 heteroatoms. The number of rotatable bonds is 9. The van der Waals surface area contributed by atoms with Crippen molar-refractivity contribution < 1.29 is 17.9 Å². The second-order valence-electron chi connectivity index (χ2n) is 7.61. The van der Waals surface area contributed by atoms with Crippen molar-refractivity contribution in [3.63, 3.8) is 0 Å². The molecule has 0 aliphatic carbocycles. The molecule has 0 radical (unpaired) electrons. The lowest BCUT2D eigenvalue weighted by atomic mass is 10.2. The highest BCUT2D eigenvalue weighted by atomic mass is 32.2. The van der Waals surface area contributed by atoms with Crippen molar-refractivity contribution in [3.05, 3.63) is 90.0 Å². The van der Waals surface area contributed by atoms with Crippen molar-refractivity contribution in [2.45, 2.75) is 37.8 Å². The van der Waals surface area contributed by atoms with Crippen LogP contribution in [-0.4, -0.2) is 25.5 Å². The number of carbonyl (C=O) groups is 1. The Morgan fingerprint density at radius 1 is 1.00 bits per heavy atom. The van der Waals surface area contributed by atoms with Gasteiger partial charge in [0.05, 0.1) is 11.0 Å². The van der Waals surface area contributed by atoms with Gasteiger partial charge in [0.2, 0.25) is 10.0 Å². The van der Waals surface area contributed by atoms with Gasteiger partial charge in [-0.25, -0.2) is 13.1 Å². The van der Waals surface area contributed by atoms with Gasteiger partial charge in [0.15, 0.2) is 5.11 Å². The van der Waals surface area contributed by atoms with E-state index in [9.17, 15) is 13.2 Å². The van der Waals surface area contributed by atoms with Gasteiger partial charge < -0.3 is 10.1 Å². The zero-order chi connectivity index (χ0) is 24.6. The van der Waals surface area contributed by atoms with Crippen LogP contribution in [0.5, 0.6) is 5.75 Å². The zero-order valence-electron chi connectivity index (χ0n) is 18.9. The molecule has 3 N–H and O–H groups in total. The Kier molecular flexibility index (Phi) is 8.75. The van der Waals surface area contributed by atoms with E-state index in [1.165, 1.54) is 12.1 Å². The van der Waals surface area contributed by atoms with Gasteiger partial charge in [-0.1, -0.05) is 43.3 Å². The van der Waals surface area contributed by atoms with Crippen LogP contribution < -0.4 is 20.1 Å². The maximum absolute atomic E-state index is 12.5. The van der Waals surface area contributed by atoms with Gasteiger partial charge in [-0.15, -0.1) is 0 Å². The molecule has 0 aromatic heterocycles. The molecule has 0 saturated heterocycles. The molecule has 3 rings (SSSR count). The standard InChI is InChI=1S/C25H27N3O4S2/c1-3-18(2)32-22-11-7-10-20(16-22)24(29)28-25(33)27-21-12-14-23(15-13-21)34(30,31)26-17-19-8-5-4-6-9-19/h4-16,18,26H,3,17H2,1-2H3,(H2,27,28,29,33). The number of amides is 1. The highest BCUT2D eigenvalue weighted by Gasteiger charge is 2.14. The fourth-order valence-electron chi connectivity index (χ4n) is 2.94. The fraction of sp³-hybridized carbons (Fsp3) is 0.200. The third-order valence-electron chi connectivity index (χ3n) is 4.97. The molecule has 1 amide bonds. The molecule has 3 aromatic rings. The van der Waals surface area contributed by atoms with Gasteiger partial charge in [-0.2, -0.15) is 0 Å². The van der Waals surface area contributed by atoms with Crippen LogP contribution in [0.1, 0.15) is 36.2 Å². The summed E-state index contributed by atoms with van der Waals surface area (Å²) in [5, 5.41) is 5.60. The predicted octanol–water partition coefficient (Wildman–Crippen LogP) is 4.47. The Balaban J connectivity index is 1.56. The normalized spacial score (nSPS) is 11.9. The van der Waals surface area contributed by atoms with E-state index in [0.29, 0.717) is 17.0 Å². The Morgan fingerprint density at radius 3 is 2.38 bits per heavy atom. The summed E-state index contributed by atoms with van der Waals surface area (Å²) in [4.78, 5) is 12.7. The first kappa shape index (κ1) is 25.4. The van der Waals surface area contributed by atoms with E-state index in [1.54, 1.807) is 36.4 Å². The lowest BCUT2D eigenvalue weighted by molar-refractivity contribution is 0.0977. The maximum Gasteiger partial charge on any atom is 0.257 e. The number of hydrogen-bond donors (Lipinski definition) is 3. The summed E-state index contributed by atoms with van der Waals surface area (Å²) < 4.78 is 33.4. The summed E-state index contributed by atoms with van der Waals surface area (Å²) >= 11 is 5.23. The van der Waals surface area contributed by atoms with Crippen LogP contribution in [0.3, 0.4) is 0 Å². The molecular formula is C25H27N3O4S2. The Labute approximate surface area is 205 Å². The van der Waals surface area contributed by atoms with Crippen molar-refractivity contribution in [2.24, 2.45) is 0 Å². The van der Waals surface area contributed by atoms with Gasteiger partial charge in [-0.3, -0.25) is 10.1 Å². The smallest absolute Gasteiger partial charge is 0.257 e. The Bertz CT molecular complexity index is 1230. The molecule has 0 fully saturated rings. The molecule has 178 valence electrons. The quantitative estimate of drug-likeness (QED) is 0.378. The molecule has 7 nitrogen and oxygen atoms in total. The molecule has 1 unspecified atom stereocenters. The second kappa shape index (κ2) is 11.7. The summed E-state index contributed by atoms with van der Waals surface area (Å²) in [6.45, 7) is 4.18. The van der Waals surface area contributed by atoms with E-state index < -0.39 is 10.0 Å². The molecule has 34 heavy (non-hydrogen) atoms. The molecular weight excluding hydrogens is 470 g/mol. The van der Waals surface area contributed by atoms with E-state index in [0.717, 1.165) is 12.0 Å². The summed E-state index contributed by atoms with van der Waals surface area (Å²) in [6, 6.07) is 22.2. The minimum Gasteiger partial charge on any atom is -0.491 e. The highest BCUT2D eigenvalue weighted by Crippen LogP contribution is 2.17. The largest absolute Gasteiger partial charge is 0.491 e. The van der Waals surface area contributed by atoms with Crippen LogP contribution in [0.4, 0.5) is 5.69 Å². The van der Waals surface area contributed by atoms with E-state index in [4.69, 9.17) is 17.0 Å². The predicted molar refractivity (Wildman–Crippen MR) is 137 cm³/mol. The van der Waals surface area contributed by atoms with Crippen molar-refractivity contribution >= 4 is 38.9 Å². The van der Waals surface area contributed by atoms with E-state index in [1.807, 2.05) is 44.2 Å². The Hall–Kier alpha value is -3.27. The lowest BCUT2D eigenvalue weighted by Gasteiger charge is -2.14.